The van der Waals surface area contributed by atoms with E-state index in [0.717, 1.165) is 17.7 Å². The van der Waals surface area contributed by atoms with Crippen LogP contribution in [0.4, 0.5) is 10.5 Å². The van der Waals surface area contributed by atoms with Crippen molar-refractivity contribution in [3.8, 4) is 0 Å². The summed E-state index contributed by atoms with van der Waals surface area (Å²) in [5, 5.41) is 0. The van der Waals surface area contributed by atoms with Gasteiger partial charge in [0.1, 0.15) is 0 Å². The molecule has 1 aromatic carbocycles. The minimum atomic E-state index is -0.423. The van der Waals surface area contributed by atoms with Gasteiger partial charge in [-0.15, -0.1) is 6.58 Å². The van der Waals surface area contributed by atoms with Crippen LogP contribution in [0, 0.1) is 0 Å². The van der Waals surface area contributed by atoms with E-state index in [0.29, 0.717) is 11.5 Å². The second-order valence-corrected chi connectivity index (χ2v) is 4.55. The first-order valence-corrected chi connectivity index (χ1v) is 6.63. The predicted octanol–water partition coefficient (Wildman–Crippen LogP) is 2.88. The Balaban J connectivity index is 2.26. The van der Waals surface area contributed by atoms with Crippen LogP contribution in [0.3, 0.4) is 0 Å². The second-order valence-electron chi connectivity index (χ2n) is 4.55. The molecule has 0 fully saturated rings. The number of hydrogen-bond donors (Lipinski definition) is 0. The number of amides is 1. The molecule has 0 saturated carbocycles. The molecular weight excluding hydrogens is 270 g/mol. The van der Waals surface area contributed by atoms with E-state index in [9.17, 15) is 4.79 Å². The number of hydrogen-bond acceptors (Lipinski definition) is 4. The van der Waals surface area contributed by atoms with Gasteiger partial charge in [-0.1, -0.05) is 18.2 Å². The van der Waals surface area contributed by atoms with Crippen LogP contribution in [0.15, 0.2) is 48.4 Å². The number of ether oxygens (including phenoxy) is 3. The lowest BCUT2D eigenvalue weighted by Gasteiger charge is -2.20. The molecule has 1 heterocycles. The van der Waals surface area contributed by atoms with Crippen molar-refractivity contribution in [2.45, 2.75) is 6.42 Å². The van der Waals surface area contributed by atoms with Gasteiger partial charge in [0.25, 0.3) is 0 Å². The fourth-order valence-electron chi connectivity index (χ4n) is 2.11. The highest BCUT2D eigenvalue weighted by atomic mass is 16.6. The number of rotatable bonds is 5. The normalized spacial score (nSPS) is 15.3. The summed E-state index contributed by atoms with van der Waals surface area (Å²) < 4.78 is 15.7. The molecular formula is C16H19NO4. The standard InChI is InChI=1S/C16H19NO4/c1-4-5-12-6-8-13(9-7-12)17-10-14(19-2)15(20-3)11-21-16(17)18/h4,6-9H,1,5,10-11H2,2-3H3. The maximum atomic E-state index is 12.1. The maximum Gasteiger partial charge on any atom is 0.415 e. The number of cyclic esters (lactones) is 1. The van der Waals surface area contributed by atoms with Gasteiger partial charge in [-0.05, 0) is 24.1 Å². The number of allylic oxidation sites excluding steroid dienone is 1. The molecule has 0 aromatic heterocycles. The number of benzene rings is 1. The van der Waals surface area contributed by atoms with Crippen molar-refractivity contribution in [1.82, 2.24) is 0 Å². The van der Waals surface area contributed by atoms with Gasteiger partial charge in [0.05, 0.1) is 20.8 Å². The Labute approximate surface area is 124 Å². The Morgan fingerprint density at radius 1 is 1.24 bits per heavy atom. The summed E-state index contributed by atoms with van der Waals surface area (Å²) in [4.78, 5) is 13.6. The van der Waals surface area contributed by atoms with Crippen molar-refractivity contribution >= 4 is 11.8 Å². The van der Waals surface area contributed by atoms with Crippen molar-refractivity contribution in [3.63, 3.8) is 0 Å². The highest BCUT2D eigenvalue weighted by Gasteiger charge is 2.26. The summed E-state index contributed by atoms with van der Waals surface area (Å²) in [6.45, 7) is 4.06. The summed E-state index contributed by atoms with van der Waals surface area (Å²) in [5.41, 5.74) is 1.89. The molecule has 0 bridgehead atoms. The lowest BCUT2D eigenvalue weighted by atomic mass is 10.1. The van der Waals surface area contributed by atoms with Gasteiger partial charge in [-0.2, -0.15) is 0 Å². The van der Waals surface area contributed by atoms with Gasteiger partial charge < -0.3 is 14.2 Å². The van der Waals surface area contributed by atoms with Crippen LogP contribution >= 0.6 is 0 Å². The summed E-state index contributed by atoms with van der Waals surface area (Å²) in [6.07, 6.45) is 2.21. The first-order chi connectivity index (χ1) is 10.2. The Morgan fingerprint density at radius 2 is 1.90 bits per heavy atom. The number of anilines is 1. The van der Waals surface area contributed by atoms with E-state index in [2.05, 4.69) is 6.58 Å². The lowest BCUT2D eigenvalue weighted by molar-refractivity contribution is 0.138. The highest BCUT2D eigenvalue weighted by Crippen LogP contribution is 2.22. The quantitative estimate of drug-likeness (QED) is 0.782. The molecule has 112 valence electrons. The van der Waals surface area contributed by atoms with Crippen LogP contribution in [0.1, 0.15) is 5.56 Å². The van der Waals surface area contributed by atoms with Crippen molar-refractivity contribution in [2.24, 2.45) is 0 Å². The minimum absolute atomic E-state index is 0.0730. The summed E-state index contributed by atoms with van der Waals surface area (Å²) in [5.74, 6) is 1.11. The molecule has 0 aliphatic carbocycles. The van der Waals surface area contributed by atoms with E-state index in [1.54, 1.807) is 7.11 Å². The molecule has 0 N–H and O–H groups in total. The Morgan fingerprint density at radius 3 is 2.48 bits per heavy atom. The summed E-state index contributed by atoms with van der Waals surface area (Å²) in [6, 6.07) is 7.68. The highest BCUT2D eigenvalue weighted by molar-refractivity contribution is 5.88. The van der Waals surface area contributed by atoms with Crippen molar-refractivity contribution in [1.29, 1.82) is 0 Å². The zero-order valence-corrected chi connectivity index (χ0v) is 12.3. The topological polar surface area (TPSA) is 48.0 Å². The van der Waals surface area contributed by atoms with Crippen LogP contribution in [0.25, 0.3) is 0 Å². The zero-order valence-electron chi connectivity index (χ0n) is 12.3. The molecule has 1 amide bonds. The molecule has 0 atom stereocenters. The fraction of sp³-hybridized carbons (Fsp3) is 0.312. The third kappa shape index (κ3) is 3.37. The smallest absolute Gasteiger partial charge is 0.415 e. The van der Waals surface area contributed by atoms with Gasteiger partial charge in [0.15, 0.2) is 18.1 Å². The molecule has 0 unspecified atom stereocenters. The number of carbonyl (C=O) groups is 1. The Hall–Kier alpha value is -2.43. The monoisotopic (exact) mass is 289 g/mol. The van der Waals surface area contributed by atoms with Gasteiger partial charge in [-0.25, -0.2) is 4.79 Å². The average Bonchev–Trinajstić information content (AvgIpc) is 2.67. The maximum absolute atomic E-state index is 12.1. The molecule has 0 radical (unpaired) electrons. The van der Waals surface area contributed by atoms with Crippen molar-refractivity contribution in [3.05, 3.63) is 54.0 Å². The molecule has 1 aliphatic heterocycles. The van der Waals surface area contributed by atoms with E-state index < -0.39 is 6.09 Å². The Kier molecular flexibility index (Phi) is 4.87. The lowest BCUT2D eigenvalue weighted by Crippen LogP contribution is -2.31. The number of methoxy groups -OCH3 is 2. The van der Waals surface area contributed by atoms with Crippen LogP contribution in [0.2, 0.25) is 0 Å². The molecule has 21 heavy (non-hydrogen) atoms. The van der Waals surface area contributed by atoms with Gasteiger partial charge in [0.2, 0.25) is 0 Å². The SMILES string of the molecule is C=CCc1ccc(N2CC(OC)=C(OC)COC2=O)cc1. The zero-order chi connectivity index (χ0) is 15.2. The van der Waals surface area contributed by atoms with Crippen LogP contribution in [-0.2, 0) is 20.6 Å². The van der Waals surface area contributed by atoms with E-state index in [4.69, 9.17) is 14.2 Å². The third-order valence-electron chi connectivity index (χ3n) is 3.28. The van der Waals surface area contributed by atoms with Crippen LogP contribution in [-0.4, -0.2) is 33.5 Å². The number of nitrogens with zero attached hydrogens (tertiary/aromatic N) is 1. The third-order valence-corrected chi connectivity index (χ3v) is 3.28. The first-order valence-electron chi connectivity index (χ1n) is 6.63. The van der Waals surface area contributed by atoms with E-state index in [1.807, 2.05) is 30.3 Å². The van der Waals surface area contributed by atoms with Crippen LogP contribution < -0.4 is 4.90 Å². The van der Waals surface area contributed by atoms with Gasteiger partial charge in [0, 0.05) is 5.69 Å². The van der Waals surface area contributed by atoms with Crippen molar-refractivity contribution in [2.75, 3.05) is 32.3 Å². The largest absolute Gasteiger partial charge is 0.496 e. The number of carbonyl (C=O) groups excluding carboxylic acids is 1. The average molecular weight is 289 g/mol. The van der Waals surface area contributed by atoms with Crippen molar-refractivity contribution < 1.29 is 19.0 Å². The fourth-order valence-corrected chi connectivity index (χ4v) is 2.11. The van der Waals surface area contributed by atoms with E-state index >= 15 is 0 Å². The van der Waals surface area contributed by atoms with Gasteiger partial charge in [-0.3, -0.25) is 4.90 Å². The van der Waals surface area contributed by atoms with Crippen LogP contribution in [0.5, 0.6) is 0 Å². The first kappa shape index (κ1) is 15.0. The molecule has 5 nitrogen and oxygen atoms in total. The summed E-state index contributed by atoms with van der Waals surface area (Å²) in [7, 11) is 3.08. The minimum Gasteiger partial charge on any atom is -0.496 e. The van der Waals surface area contributed by atoms with Gasteiger partial charge >= 0.3 is 6.09 Å². The summed E-state index contributed by atoms with van der Waals surface area (Å²) >= 11 is 0. The molecule has 5 heteroatoms. The van der Waals surface area contributed by atoms with E-state index in [1.165, 1.54) is 12.0 Å². The molecule has 1 aromatic rings. The molecule has 0 spiro atoms. The molecule has 0 saturated heterocycles. The predicted molar refractivity (Wildman–Crippen MR) is 80.1 cm³/mol. The Bertz CT molecular complexity index is 548. The molecule has 1 aliphatic rings. The van der Waals surface area contributed by atoms with E-state index in [-0.39, 0.29) is 13.2 Å². The molecule has 2 rings (SSSR count). The second kappa shape index (κ2) is 6.83.